The van der Waals surface area contributed by atoms with Crippen molar-refractivity contribution in [1.82, 2.24) is 14.8 Å². The number of aromatic nitrogens is 3. The number of ether oxygens (including phenoxy) is 1. The van der Waals surface area contributed by atoms with Crippen molar-refractivity contribution in [1.29, 1.82) is 0 Å². The summed E-state index contributed by atoms with van der Waals surface area (Å²) in [6.07, 6.45) is 1.75. The molecule has 0 saturated carbocycles. The summed E-state index contributed by atoms with van der Waals surface area (Å²) in [4.78, 5) is 4.26. The molecule has 0 spiro atoms. The second-order valence-corrected chi connectivity index (χ2v) is 4.56. The third kappa shape index (κ3) is 3.10. The lowest BCUT2D eigenvalue weighted by Gasteiger charge is -2.07. The van der Waals surface area contributed by atoms with Crippen LogP contribution in [0.3, 0.4) is 0 Å². The molecule has 0 saturated heterocycles. The van der Waals surface area contributed by atoms with Gasteiger partial charge in [-0.25, -0.2) is 0 Å². The molecule has 2 heterocycles. The van der Waals surface area contributed by atoms with Gasteiger partial charge in [-0.3, -0.25) is 9.67 Å². The molecule has 0 atom stereocenters. The normalized spacial score (nSPS) is 10.6. The molecule has 0 aliphatic rings. The number of halogens is 1. The molecule has 18 heavy (non-hydrogen) atoms. The van der Waals surface area contributed by atoms with E-state index in [1.54, 1.807) is 6.20 Å². The van der Waals surface area contributed by atoms with E-state index in [9.17, 15) is 0 Å². The fourth-order valence-electron chi connectivity index (χ4n) is 1.72. The van der Waals surface area contributed by atoms with Gasteiger partial charge in [0.2, 0.25) is 0 Å². The molecule has 4 nitrogen and oxygen atoms in total. The van der Waals surface area contributed by atoms with E-state index in [0.29, 0.717) is 6.61 Å². The Labute approximate surface area is 115 Å². The van der Waals surface area contributed by atoms with Crippen LogP contribution < -0.4 is 4.74 Å². The highest BCUT2D eigenvalue weighted by molar-refractivity contribution is 9.08. The van der Waals surface area contributed by atoms with Crippen LogP contribution in [0.5, 0.6) is 5.75 Å². The van der Waals surface area contributed by atoms with E-state index in [2.05, 4.69) is 32.9 Å². The molecule has 0 N–H and O–H groups in total. The summed E-state index contributed by atoms with van der Waals surface area (Å²) in [5, 5.41) is 5.14. The van der Waals surface area contributed by atoms with Crippen molar-refractivity contribution in [2.45, 2.75) is 32.3 Å². The summed E-state index contributed by atoms with van der Waals surface area (Å²) in [7, 11) is 0. The Balaban J connectivity index is 2.01. The van der Waals surface area contributed by atoms with Crippen LogP contribution in [0.15, 0.2) is 24.4 Å². The van der Waals surface area contributed by atoms with Gasteiger partial charge in [-0.05, 0) is 32.0 Å². The van der Waals surface area contributed by atoms with Crippen LogP contribution in [0.2, 0.25) is 0 Å². The molecule has 0 aliphatic heterocycles. The number of alkyl halides is 1. The minimum absolute atomic E-state index is 0.518. The minimum Gasteiger partial charge on any atom is -0.486 e. The van der Waals surface area contributed by atoms with Crippen LogP contribution in [0, 0.1) is 6.92 Å². The molecule has 0 amide bonds. The van der Waals surface area contributed by atoms with E-state index < -0.39 is 0 Å². The second kappa shape index (κ2) is 6.00. The average molecular weight is 310 g/mol. The Morgan fingerprint density at radius 1 is 1.39 bits per heavy atom. The van der Waals surface area contributed by atoms with Gasteiger partial charge in [0.1, 0.15) is 12.4 Å². The van der Waals surface area contributed by atoms with Crippen molar-refractivity contribution in [3.63, 3.8) is 0 Å². The minimum atomic E-state index is 0.518. The quantitative estimate of drug-likeness (QED) is 0.797. The first-order chi connectivity index (χ1) is 8.72. The standard InChI is InChI=1S/C13H16BrN3O/c1-3-17-12(6-10(2)16-17)9-18-13-5-4-11(7-14)15-8-13/h4-6,8H,3,7,9H2,1-2H3. The molecule has 96 valence electrons. The van der Waals surface area contributed by atoms with Crippen molar-refractivity contribution in [3.05, 3.63) is 41.5 Å². The second-order valence-electron chi connectivity index (χ2n) is 4.00. The van der Waals surface area contributed by atoms with Crippen LogP contribution in [0.1, 0.15) is 24.0 Å². The Morgan fingerprint density at radius 2 is 2.22 bits per heavy atom. The Morgan fingerprint density at radius 3 is 2.83 bits per heavy atom. The molecule has 0 aliphatic carbocycles. The van der Waals surface area contributed by atoms with Crippen molar-refractivity contribution >= 4 is 15.9 Å². The number of rotatable bonds is 5. The first kappa shape index (κ1) is 13.1. The number of aryl methyl sites for hydroxylation is 2. The first-order valence-corrected chi connectivity index (χ1v) is 7.02. The summed E-state index contributed by atoms with van der Waals surface area (Å²) >= 11 is 3.36. The number of hydrogen-bond donors (Lipinski definition) is 0. The van der Waals surface area contributed by atoms with E-state index in [4.69, 9.17) is 4.74 Å². The fourth-order valence-corrected chi connectivity index (χ4v) is 2.05. The lowest BCUT2D eigenvalue weighted by molar-refractivity contribution is 0.291. The van der Waals surface area contributed by atoms with Crippen molar-refractivity contribution in [2.75, 3.05) is 0 Å². The van der Waals surface area contributed by atoms with E-state index in [0.717, 1.165) is 34.7 Å². The molecular weight excluding hydrogens is 294 g/mol. The predicted octanol–water partition coefficient (Wildman–Crippen LogP) is 3.08. The summed E-state index contributed by atoms with van der Waals surface area (Å²) in [6.45, 7) is 5.43. The maximum Gasteiger partial charge on any atom is 0.138 e. The molecule has 0 radical (unpaired) electrons. The maximum absolute atomic E-state index is 5.71. The predicted molar refractivity (Wildman–Crippen MR) is 73.8 cm³/mol. The van der Waals surface area contributed by atoms with Gasteiger partial charge in [-0.15, -0.1) is 0 Å². The molecule has 0 aromatic carbocycles. The highest BCUT2D eigenvalue weighted by Crippen LogP contribution is 2.13. The van der Waals surface area contributed by atoms with E-state index in [1.165, 1.54) is 0 Å². The van der Waals surface area contributed by atoms with Crippen LogP contribution >= 0.6 is 15.9 Å². The third-order valence-corrected chi connectivity index (χ3v) is 3.18. The van der Waals surface area contributed by atoms with Crippen molar-refractivity contribution < 1.29 is 4.74 Å². The largest absolute Gasteiger partial charge is 0.486 e. The van der Waals surface area contributed by atoms with Gasteiger partial charge < -0.3 is 4.74 Å². The maximum atomic E-state index is 5.71. The topological polar surface area (TPSA) is 39.9 Å². The monoisotopic (exact) mass is 309 g/mol. The van der Waals surface area contributed by atoms with Crippen LogP contribution in [0.4, 0.5) is 0 Å². The number of pyridine rings is 1. The van der Waals surface area contributed by atoms with Crippen molar-refractivity contribution in [3.8, 4) is 5.75 Å². The Hall–Kier alpha value is -1.36. The molecule has 5 heteroatoms. The van der Waals surface area contributed by atoms with Crippen LogP contribution in [-0.2, 0) is 18.5 Å². The van der Waals surface area contributed by atoms with Gasteiger partial charge >= 0.3 is 0 Å². The summed E-state index contributed by atoms with van der Waals surface area (Å²) in [5.74, 6) is 0.779. The van der Waals surface area contributed by atoms with Gasteiger partial charge in [-0.1, -0.05) is 15.9 Å². The summed E-state index contributed by atoms with van der Waals surface area (Å²) in [6, 6.07) is 5.93. The summed E-state index contributed by atoms with van der Waals surface area (Å²) in [5.41, 5.74) is 3.10. The average Bonchev–Trinajstić information content (AvgIpc) is 2.77. The van der Waals surface area contributed by atoms with Crippen molar-refractivity contribution in [2.24, 2.45) is 0 Å². The third-order valence-electron chi connectivity index (χ3n) is 2.61. The van der Waals surface area contributed by atoms with E-state index >= 15 is 0 Å². The molecular formula is C13H16BrN3O. The number of hydrogen-bond acceptors (Lipinski definition) is 3. The van der Waals surface area contributed by atoms with Gasteiger partial charge in [0.05, 0.1) is 23.3 Å². The van der Waals surface area contributed by atoms with Gasteiger partial charge in [0.15, 0.2) is 0 Å². The lowest BCUT2D eigenvalue weighted by Crippen LogP contribution is -2.06. The molecule has 2 aromatic heterocycles. The Kier molecular flexibility index (Phi) is 4.36. The van der Waals surface area contributed by atoms with Gasteiger partial charge in [0.25, 0.3) is 0 Å². The zero-order valence-electron chi connectivity index (χ0n) is 10.6. The van der Waals surface area contributed by atoms with E-state index in [-0.39, 0.29) is 0 Å². The smallest absolute Gasteiger partial charge is 0.138 e. The zero-order valence-corrected chi connectivity index (χ0v) is 12.1. The molecule has 0 bridgehead atoms. The first-order valence-electron chi connectivity index (χ1n) is 5.90. The van der Waals surface area contributed by atoms with Gasteiger partial charge in [-0.2, -0.15) is 5.10 Å². The highest BCUT2D eigenvalue weighted by Gasteiger charge is 2.05. The number of nitrogens with zero attached hydrogens (tertiary/aromatic N) is 3. The fraction of sp³-hybridized carbons (Fsp3) is 0.385. The Bertz CT molecular complexity index is 507. The van der Waals surface area contributed by atoms with Gasteiger partial charge in [0, 0.05) is 11.9 Å². The molecule has 0 fully saturated rings. The van der Waals surface area contributed by atoms with Crippen LogP contribution in [0.25, 0.3) is 0 Å². The lowest BCUT2D eigenvalue weighted by atomic mass is 10.3. The SMILES string of the molecule is CCn1nc(C)cc1COc1ccc(CBr)nc1. The van der Waals surface area contributed by atoms with E-state index in [1.807, 2.05) is 29.8 Å². The molecule has 0 unspecified atom stereocenters. The molecule has 2 aromatic rings. The highest BCUT2D eigenvalue weighted by atomic mass is 79.9. The molecule has 2 rings (SSSR count). The zero-order chi connectivity index (χ0) is 13.0. The summed E-state index contributed by atoms with van der Waals surface area (Å²) < 4.78 is 7.66. The van der Waals surface area contributed by atoms with Crippen LogP contribution in [-0.4, -0.2) is 14.8 Å².